The summed E-state index contributed by atoms with van der Waals surface area (Å²) >= 11 is 0. The molecule has 2 amide bonds. The van der Waals surface area contributed by atoms with Crippen LogP contribution >= 0.6 is 0 Å². The molecule has 0 aromatic carbocycles. The highest BCUT2D eigenvalue weighted by molar-refractivity contribution is 5.95. The Morgan fingerprint density at radius 2 is 2.27 bits per heavy atom. The number of rotatable bonds is 6. The molecule has 1 aliphatic heterocycles. The quantitative estimate of drug-likeness (QED) is 0.768. The Labute approximate surface area is 131 Å². The molecule has 2 heterocycles. The normalized spacial score (nSPS) is 18.9. The zero-order chi connectivity index (χ0) is 15.9. The molecular formula is C16H24N4O2. The molecule has 3 N–H and O–H groups in total. The van der Waals surface area contributed by atoms with Crippen LogP contribution in [0.1, 0.15) is 47.0 Å². The Morgan fingerprint density at radius 3 is 2.91 bits per heavy atom. The van der Waals surface area contributed by atoms with Gasteiger partial charge in [0.1, 0.15) is 5.69 Å². The van der Waals surface area contributed by atoms with Crippen LogP contribution in [-0.2, 0) is 0 Å². The third-order valence-electron chi connectivity index (χ3n) is 3.96. The number of nitrogens with one attached hydrogen (secondary N) is 1. The van der Waals surface area contributed by atoms with Crippen molar-refractivity contribution in [2.24, 2.45) is 11.7 Å². The van der Waals surface area contributed by atoms with Gasteiger partial charge in [-0.2, -0.15) is 0 Å². The number of pyridine rings is 1. The summed E-state index contributed by atoms with van der Waals surface area (Å²) in [5.41, 5.74) is 5.74. The van der Waals surface area contributed by atoms with E-state index in [0.717, 1.165) is 32.0 Å². The van der Waals surface area contributed by atoms with Crippen molar-refractivity contribution in [3.63, 3.8) is 0 Å². The smallest absolute Gasteiger partial charge is 0.269 e. The van der Waals surface area contributed by atoms with E-state index in [9.17, 15) is 9.59 Å². The molecule has 0 radical (unpaired) electrons. The van der Waals surface area contributed by atoms with Crippen molar-refractivity contribution in [1.29, 1.82) is 0 Å². The summed E-state index contributed by atoms with van der Waals surface area (Å²) in [5.74, 6) is 0.00885. The second-order valence-electron chi connectivity index (χ2n) is 5.95. The fourth-order valence-electron chi connectivity index (χ4n) is 2.76. The lowest BCUT2D eigenvalue weighted by Crippen LogP contribution is -2.36. The number of hydrogen-bond donors (Lipinski definition) is 2. The van der Waals surface area contributed by atoms with Crippen molar-refractivity contribution in [3.05, 3.63) is 29.6 Å². The molecule has 0 aliphatic carbocycles. The summed E-state index contributed by atoms with van der Waals surface area (Å²) in [7, 11) is 0. The summed E-state index contributed by atoms with van der Waals surface area (Å²) in [4.78, 5) is 29.3. The third kappa shape index (κ3) is 4.80. The van der Waals surface area contributed by atoms with Crippen molar-refractivity contribution in [2.75, 3.05) is 26.2 Å². The highest BCUT2D eigenvalue weighted by atomic mass is 16.2. The first-order chi connectivity index (χ1) is 10.6. The maximum Gasteiger partial charge on any atom is 0.269 e. The van der Waals surface area contributed by atoms with Crippen LogP contribution in [0.5, 0.6) is 0 Å². The van der Waals surface area contributed by atoms with Gasteiger partial charge in [0.15, 0.2) is 0 Å². The van der Waals surface area contributed by atoms with Gasteiger partial charge in [-0.15, -0.1) is 0 Å². The minimum Gasteiger partial charge on any atom is -0.366 e. The van der Waals surface area contributed by atoms with E-state index in [2.05, 4.69) is 22.1 Å². The van der Waals surface area contributed by atoms with Crippen LogP contribution < -0.4 is 11.1 Å². The maximum absolute atomic E-state index is 11.9. The van der Waals surface area contributed by atoms with Gasteiger partial charge < -0.3 is 16.0 Å². The summed E-state index contributed by atoms with van der Waals surface area (Å²) in [6, 6.07) is 3.03. The molecule has 1 unspecified atom stereocenters. The van der Waals surface area contributed by atoms with Gasteiger partial charge in [-0.3, -0.25) is 14.6 Å². The molecule has 22 heavy (non-hydrogen) atoms. The van der Waals surface area contributed by atoms with Crippen LogP contribution in [0.25, 0.3) is 0 Å². The number of nitrogens with two attached hydrogens (primary N) is 1. The standard InChI is InChI=1S/C16H24N4O2/c1-12-4-2-8-20(11-12)9-3-7-18-16(22)14-6-5-13(10-19-14)15(17)21/h5-6,10,12H,2-4,7-9,11H2,1H3,(H2,17,21)(H,18,22). The zero-order valence-electron chi connectivity index (χ0n) is 13.0. The minimum absolute atomic E-state index is 0.219. The van der Waals surface area contributed by atoms with E-state index < -0.39 is 5.91 Å². The van der Waals surface area contributed by atoms with Gasteiger partial charge in [0, 0.05) is 19.3 Å². The first kappa shape index (κ1) is 16.4. The molecule has 0 spiro atoms. The van der Waals surface area contributed by atoms with E-state index >= 15 is 0 Å². The number of aromatic nitrogens is 1. The van der Waals surface area contributed by atoms with Crippen molar-refractivity contribution < 1.29 is 9.59 Å². The molecule has 1 saturated heterocycles. The van der Waals surface area contributed by atoms with Crippen LogP contribution in [0.2, 0.25) is 0 Å². The van der Waals surface area contributed by atoms with Gasteiger partial charge in [0.05, 0.1) is 5.56 Å². The van der Waals surface area contributed by atoms with Gasteiger partial charge >= 0.3 is 0 Å². The van der Waals surface area contributed by atoms with Gasteiger partial charge in [-0.05, 0) is 50.4 Å². The van der Waals surface area contributed by atoms with Gasteiger partial charge in [-0.1, -0.05) is 6.92 Å². The lowest BCUT2D eigenvalue weighted by Gasteiger charge is -2.30. The second-order valence-corrected chi connectivity index (χ2v) is 5.95. The lowest BCUT2D eigenvalue weighted by molar-refractivity contribution is 0.0942. The third-order valence-corrected chi connectivity index (χ3v) is 3.96. The number of piperidine rings is 1. The summed E-state index contributed by atoms with van der Waals surface area (Å²) in [5, 5.41) is 2.85. The van der Waals surface area contributed by atoms with Gasteiger partial charge in [0.2, 0.25) is 5.91 Å². The minimum atomic E-state index is -0.546. The largest absolute Gasteiger partial charge is 0.366 e. The first-order valence-corrected chi connectivity index (χ1v) is 7.82. The van der Waals surface area contributed by atoms with E-state index in [1.54, 1.807) is 0 Å². The molecule has 120 valence electrons. The Morgan fingerprint density at radius 1 is 1.45 bits per heavy atom. The number of carbonyl (C=O) groups is 2. The fraction of sp³-hybridized carbons (Fsp3) is 0.562. The molecule has 1 atom stereocenters. The predicted molar refractivity (Wildman–Crippen MR) is 84.5 cm³/mol. The molecule has 1 aromatic rings. The average Bonchev–Trinajstić information content (AvgIpc) is 2.51. The van der Waals surface area contributed by atoms with E-state index in [1.165, 1.54) is 31.2 Å². The molecule has 1 aromatic heterocycles. The van der Waals surface area contributed by atoms with Crippen molar-refractivity contribution in [3.8, 4) is 0 Å². The molecular weight excluding hydrogens is 280 g/mol. The number of carbonyl (C=O) groups excluding carboxylic acids is 2. The first-order valence-electron chi connectivity index (χ1n) is 7.82. The highest BCUT2D eigenvalue weighted by Crippen LogP contribution is 2.15. The summed E-state index contributed by atoms with van der Waals surface area (Å²) in [6.07, 6.45) is 4.84. The van der Waals surface area contributed by atoms with E-state index in [1.807, 2.05) is 0 Å². The maximum atomic E-state index is 11.9. The summed E-state index contributed by atoms with van der Waals surface area (Å²) < 4.78 is 0. The van der Waals surface area contributed by atoms with Gasteiger partial charge in [0.25, 0.3) is 5.91 Å². The van der Waals surface area contributed by atoms with E-state index in [0.29, 0.717) is 17.8 Å². The fourth-order valence-corrected chi connectivity index (χ4v) is 2.76. The Balaban J connectivity index is 1.70. The topological polar surface area (TPSA) is 88.3 Å². The molecule has 1 aliphatic rings. The molecule has 6 nitrogen and oxygen atoms in total. The molecule has 0 saturated carbocycles. The molecule has 0 bridgehead atoms. The number of likely N-dealkylation sites (tertiary alicyclic amines) is 1. The average molecular weight is 304 g/mol. The molecule has 2 rings (SSSR count). The Kier molecular flexibility index (Phi) is 5.89. The second kappa shape index (κ2) is 7.89. The number of amides is 2. The highest BCUT2D eigenvalue weighted by Gasteiger charge is 2.15. The number of hydrogen-bond acceptors (Lipinski definition) is 4. The Bertz CT molecular complexity index is 515. The zero-order valence-corrected chi connectivity index (χ0v) is 13.0. The lowest BCUT2D eigenvalue weighted by atomic mass is 10.0. The van der Waals surface area contributed by atoms with Crippen molar-refractivity contribution in [2.45, 2.75) is 26.2 Å². The van der Waals surface area contributed by atoms with Crippen LogP contribution in [-0.4, -0.2) is 47.9 Å². The number of primary amides is 1. The predicted octanol–water partition coefficient (Wildman–Crippen LogP) is 1.03. The van der Waals surface area contributed by atoms with Crippen molar-refractivity contribution >= 4 is 11.8 Å². The molecule has 6 heteroatoms. The van der Waals surface area contributed by atoms with Gasteiger partial charge in [-0.25, -0.2) is 0 Å². The monoisotopic (exact) mass is 304 g/mol. The molecule has 1 fully saturated rings. The van der Waals surface area contributed by atoms with E-state index in [-0.39, 0.29) is 5.91 Å². The summed E-state index contributed by atoms with van der Waals surface area (Å²) in [6.45, 7) is 6.25. The van der Waals surface area contributed by atoms with Crippen LogP contribution in [0, 0.1) is 5.92 Å². The van der Waals surface area contributed by atoms with Crippen LogP contribution in [0.3, 0.4) is 0 Å². The van der Waals surface area contributed by atoms with Crippen LogP contribution in [0.15, 0.2) is 18.3 Å². The SMILES string of the molecule is CC1CCCN(CCCNC(=O)c2ccc(C(N)=O)cn2)C1. The van der Waals surface area contributed by atoms with Crippen molar-refractivity contribution in [1.82, 2.24) is 15.2 Å². The number of nitrogens with zero attached hydrogens (tertiary/aromatic N) is 2. The Hall–Kier alpha value is -1.95. The van der Waals surface area contributed by atoms with Crippen LogP contribution in [0.4, 0.5) is 0 Å². The van der Waals surface area contributed by atoms with E-state index in [4.69, 9.17) is 5.73 Å².